The number of hydrogen-bond acceptors (Lipinski definition) is 2. The Morgan fingerprint density at radius 1 is 1.38 bits per heavy atom. The van der Waals surface area contributed by atoms with Crippen LogP contribution >= 0.6 is 0 Å². The van der Waals surface area contributed by atoms with Crippen molar-refractivity contribution >= 4 is 12.2 Å². The van der Waals surface area contributed by atoms with Crippen molar-refractivity contribution in [3.05, 3.63) is 39.8 Å². The summed E-state index contributed by atoms with van der Waals surface area (Å²) in [6.07, 6.45) is 6.40. The summed E-state index contributed by atoms with van der Waals surface area (Å²) in [7, 11) is 0. The second kappa shape index (κ2) is 7.63. The highest BCUT2D eigenvalue weighted by atomic mass is 16.1. The Balaban J connectivity index is 0.00000106. The predicted molar refractivity (Wildman–Crippen MR) is 70.4 cm³/mol. The lowest BCUT2D eigenvalue weighted by Gasteiger charge is -2.02. The van der Waals surface area contributed by atoms with Crippen LogP contribution in [0.25, 0.3) is 12.2 Å². The highest BCUT2D eigenvalue weighted by Crippen LogP contribution is 2.10. The summed E-state index contributed by atoms with van der Waals surface area (Å²) in [5.74, 6) is 0. The van der Waals surface area contributed by atoms with E-state index in [1.54, 1.807) is 6.08 Å². The van der Waals surface area contributed by atoms with E-state index in [2.05, 4.69) is 16.8 Å². The summed E-state index contributed by atoms with van der Waals surface area (Å²) in [4.78, 5) is 11.4. The van der Waals surface area contributed by atoms with E-state index in [1.165, 1.54) is 0 Å². The van der Waals surface area contributed by atoms with E-state index >= 15 is 0 Å². The number of aryl methyl sites for hydroxylation is 1. The Labute approximate surface area is 96.9 Å². The molecule has 0 aliphatic heterocycles. The van der Waals surface area contributed by atoms with Crippen LogP contribution in [0, 0.1) is 6.92 Å². The summed E-state index contributed by atoms with van der Waals surface area (Å²) < 4.78 is 0. The van der Waals surface area contributed by atoms with E-state index in [0.29, 0.717) is 5.56 Å². The van der Waals surface area contributed by atoms with Crippen molar-refractivity contribution < 1.29 is 0 Å². The second-order valence-corrected chi connectivity index (χ2v) is 2.98. The van der Waals surface area contributed by atoms with E-state index in [9.17, 15) is 4.79 Å². The van der Waals surface area contributed by atoms with Crippen LogP contribution < -0.4 is 5.56 Å². The summed E-state index contributed by atoms with van der Waals surface area (Å²) in [5, 5.41) is 6.33. The highest BCUT2D eigenvalue weighted by molar-refractivity contribution is 5.64. The molecular formula is C13H20N2O. The summed E-state index contributed by atoms with van der Waals surface area (Å²) in [5.41, 5.74) is 2.05. The Kier molecular flexibility index (Phi) is 6.84. The van der Waals surface area contributed by atoms with Crippen LogP contribution in [0.15, 0.2) is 17.4 Å². The predicted octanol–water partition coefficient (Wildman–Crippen LogP) is 3.17. The molecule has 0 saturated carbocycles. The van der Waals surface area contributed by atoms with Gasteiger partial charge in [-0.15, -0.1) is 0 Å². The van der Waals surface area contributed by atoms with Crippen molar-refractivity contribution in [1.29, 1.82) is 0 Å². The highest BCUT2D eigenvalue weighted by Gasteiger charge is 2.04. The molecule has 0 spiro atoms. The van der Waals surface area contributed by atoms with E-state index in [0.717, 1.165) is 17.7 Å². The molecule has 0 aromatic carbocycles. The molecule has 1 aromatic rings. The number of nitrogens with one attached hydrogen (secondary N) is 1. The SMILES string of the molecule is C=Cc1c(/C=C\CC)c(C)n[nH]c1=O.CC. The number of aromatic nitrogens is 2. The molecule has 0 atom stereocenters. The lowest BCUT2D eigenvalue weighted by atomic mass is 10.1. The molecule has 3 heteroatoms. The van der Waals surface area contributed by atoms with Gasteiger partial charge in [0.2, 0.25) is 0 Å². The first-order valence-electron chi connectivity index (χ1n) is 5.59. The molecule has 0 fully saturated rings. The second-order valence-electron chi connectivity index (χ2n) is 2.98. The van der Waals surface area contributed by atoms with Gasteiger partial charge in [0.05, 0.1) is 5.69 Å². The molecule has 1 aromatic heterocycles. The lowest BCUT2D eigenvalue weighted by molar-refractivity contribution is 0.936. The average molecular weight is 220 g/mol. The Morgan fingerprint density at radius 2 is 2.00 bits per heavy atom. The maximum Gasteiger partial charge on any atom is 0.272 e. The van der Waals surface area contributed by atoms with Crippen LogP contribution in [0.5, 0.6) is 0 Å². The third kappa shape index (κ3) is 3.50. The number of nitrogens with zero attached hydrogens (tertiary/aromatic N) is 1. The maximum atomic E-state index is 11.4. The third-order valence-corrected chi connectivity index (χ3v) is 1.97. The maximum absolute atomic E-state index is 11.4. The zero-order chi connectivity index (χ0) is 12.6. The zero-order valence-corrected chi connectivity index (χ0v) is 10.5. The topological polar surface area (TPSA) is 45.8 Å². The minimum Gasteiger partial charge on any atom is -0.267 e. The van der Waals surface area contributed by atoms with Gasteiger partial charge in [0.1, 0.15) is 0 Å². The standard InChI is InChI=1S/C11H14N2O.C2H6/c1-4-6-7-10-8(3)12-13-11(14)9(10)5-2;1-2/h5-7H,2,4H2,1,3H3,(H,13,14);1-2H3/b7-6-;. The molecule has 0 radical (unpaired) electrons. The number of H-pyrrole nitrogens is 1. The van der Waals surface area contributed by atoms with Crippen molar-refractivity contribution in [2.45, 2.75) is 34.1 Å². The van der Waals surface area contributed by atoms with Crippen LogP contribution in [0.3, 0.4) is 0 Å². The monoisotopic (exact) mass is 220 g/mol. The van der Waals surface area contributed by atoms with Gasteiger partial charge in [-0.3, -0.25) is 4.79 Å². The molecule has 16 heavy (non-hydrogen) atoms. The first-order valence-corrected chi connectivity index (χ1v) is 5.59. The van der Waals surface area contributed by atoms with Crippen molar-refractivity contribution in [3.63, 3.8) is 0 Å². The molecule has 0 aliphatic rings. The fraction of sp³-hybridized carbons (Fsp3) is 0.385. The minimum atomic E-state index is -0.193. The third-order valence-electron chi connectivity index (χ3n) is 1.97. The van der Waals surface area contributed by atoms with Crippen LogP contribution in [0.1, 0.15) is 44.0 Å². The average Bonchev–Trinajstić information content (AvgIpc) is 2.32. The van der Waals surface area contributed by atoms with Gasteiger partial charge in [-0.2, -0.15) is 5.10 Å². The van der Waals surface area contributed by atoms with Gasteiger partial charge in [-0.05, 0) is 13.3 Å². The van der Waals surface area contributed by atoms with Crippen molar-refractivity contribution in [3.8, 4) is 0 Å². The summed E-state index contributed by atoms with van der Waals surface area (Å²) >= 11 is 0. The van der Waals surface area contributed by atoms with Crippen molar-refractivity contribution in [1.82, 2.24) is 10.2 Å². The van der Waals surface area contributed by atoms with E-state index < -0.39 is 0 Å². The normalized spacial score (nSPS) is 9.75. The Bertz CT molecular complexity index is 416. The van der Waals surface area contributed by atoms with Gasteiger partial charge < -0.3 is 0 Å². The number of allylic oxidation sites excluding steroid dienone is 1. The number of aromatic amines is 1. The quantitative estimate of drug-likeness (QED) is 0.850. The molecule has 1 heterocycles. The van der Waals surface area contributed by atoms with Gasteiger partial charge in [0.25, 0.3) is 5.56 Å². The van der Waals surface area contributed by atoms with Crippen LogP contribution in [-0.4, -0.2) is 10.2 Å². The number of hydrogen-bond donors (Lipinski definition) is 1. The first kappa shape index (κ1) is 14.4. The molecule has 88 valence electrons. The van der Waals surface area contributed by atoms with Gasteiger partial charge in [0, 0.05) is 11.1 Å². The molecule has 0 amide bonds. The van der Waals surface area contributed by atoms with Gasteiger partial charge in [-0.1, -0.05) is 45.6 Å². The molecule has 0 bridgehead atoms. The molecule has 0 unspecified atom stereocenters. The van der Waals surface area contributed by atoms with Crippen LogP contribution in [0.2, 0.25) is 0 Å². The number of rotatable bonds is 3. The van der Waals surface area contributed by atoms with Gasteiger partial charge in [0.15, 0.2) is 0 Å². The van der Waals surface area contributed by atoms with Crippen LogP contribution in [-0.2, 0) is 0 Å². The van der Waals surface area contributed by atoms with E-state index in [1.807, 2.05) is 39.8 Å². The molecular weight excluding hydrogens is 200 g/mol. The van der Waals surface area contributed by atoms with E-state index in [4.69, 9.17) is 0 Å². The lowest BCUT2D eigenvalue weighted by Crippen LogP contribution is -2.14. The van der Waals surface area contributed by atoms with E-state index in [-0.39, 0.29) is 5.56 Å². The first-order chi connectivity index (χ1) is 7.70. The van der Waals surface area contributed by atoms with Gasteiger partial charge >= 0.3 is 0 Å². The summed E-state index contributed by atoms with van der Waals surface area (Å²) in [6, 6.07) is 0. The molecule has 3 nitrogen and oxygen atoms in total. The largest absolute Gasteiger partial charge is 0.272 e. The molecule has 1 N–H and O–H groups in total. The Hall–Kier alpha value is -1.64. The minimum absolute atomic E-state index is 0.193. The van der Waals surface area contributed by atoms with Crippen molar-refractivity contribution in [2.24, 2.45) is 0 Å². The smallest absolute Gasteiger partial charge is 0.267 e. The molecule has 0 saturated heterocycles. The summed E-state index contributed by atoms with van der Waals surface area (Å²) in [6.45, 7) is 11.5. The Morgan fingerprint density at radius 3 is 2.50 bits per heavy atom. The molecule has 1 rings (SSSR count). The fourth-order valence-corrected chi connectivity index (χ4v) is 1.22. The zero-order valence-electron chi connectivity index (χ0n) is 10.5. The fourth-order valence-electron chi connectivity index (χ4n) is 1.22. The molecule has 0 aliphatic carbocycles. The van der Waals surface area contributed by atoms with Gasteiger partial charge in [-0.25, -0.2) is 5.10 Å². The van der Waals surface area contributed by atoms with Crippen LogP contribution in [0.4, 0.5) is 0 Å². The van der Waals surface area contributed by atoms with Crippen molar-refractivity contribution in [2.75, 3.05) is 0 Å².